The highest BCUT2D eigenvalue weighted by Gasteiger charge is 2.19. The molecule has 2 N–H and O–H groups in total. The molecule has 0 aliphatic heterocycles. The molecule has 108 valence electrons. The third kappa shape index (κ3) is 2.25. The molecule has 1 amide bonds. The van der Waals surface area contributed by atoms with Gasteiger partial charge in [-0.25, -0.2) is 0 Å². The van der Waals surface area contributed by atoms with Crippen LogP contribution in [0.4, 0.5) is 5.69 Å². The molecule has 0 saturated carbocycles. The topological polar surface area (TPSA) is 79.5 Å². The van der Waals surface area contributed by atoms with Crippen molar-refractivity contribution in [3.8, 4) is 5.75 Å². The molecular weight excluding hydrogens is 288 g/mol. The molecular formula is C14H14N4O2S. The van der Waals surface area contributed by atoms with Crippen molar-refractivity contribution >= 4 is 27.9 Å². The van der Waals surface area contributed by atoms with Crippen LogP contribution < -0.4 is 5.32 Å². The Morgan fingerprint density at radius 1 is 1.29 bits per heavy atom. The molecule has 0 radical (unpaired) electrons. The molecule has 7 heteroatoms. The molecule has 2 heterocycles. The fourth-order valence-corrected chi connectivity index (χ4v) is 3.25. The number of carbonyl (C=O) groups excluding carboxylic acids is 1. The third-order valence-corrected chi connectivity index (χ3v) is 4.45. The lowest BCUT2D eigenvalue weighted by Gasteiger charge is -2.08. The second kappa shape index (κ2) is 4.85. The van der Waals surface area contributed by atoms with E-state index in [1.165, 1.54) is 11.3 Å². The van der Waals surface area contributed by atoms with Gasteiger partial charge in [-0.15, -0.1) is 10.2 Å². The summed E-state index contributed by atoms with van der Waals surface area (Å²) in [6.45, 7) is 5.56. The van der Waals surface area contributed by atoms with Crippen LogP contribution in [0.5, 0.6) is 5.75 Å². The molecule has 1 aromatic carbocycles. The summed E-state index contributed by atoms with van der Waals surface area (Å²) in [5.41, 5.74) is 2.31. The van der Waals surface area contributed by atoms with Gasteiger partial charge in [0.2, 0.25) is 4.96 Å². The summed E-state index contributed by atoms with van der Waals surface area (Å²) >= 11 is 1.31. The number of nitrogens with zero attached hydrogens (tertiary/aromatic N) is 3. The van der Waals surface area contributed by atoms with E-state index in [0.717, 1.165) is 17.1 Å². The van der Waals surface area contributed by atoms with Crippen LogP contribution in [0, 0.1) is 20.8 Å². The standard InChI is InChI=1S/C14H14N4O2S/c1-7-6-10(19)4-5-11(7)15-13(20)12-8(2)18-9(3)16-17-14(18)21-12/h4-6,19H,1-3H3,(H,15,20). The van der Waals surface area contributed by atoms with Crippen LogP contribution in [0.25, 0.3) is 4.96 Å². The van der Waals surface area contributed by atoms with Crippen molar-refractivity contribution in [2.45, 2.75) is 20.8 Å². The number of thiazole rings is 1. The molecule has 3 rings (SSSR count). The van der Waals surface area contributed by atoms with Crippen LogP contribution in [-0.2, 0) is 0 Å². The number of hydrogen-bond donors (Lipinski definition) is 2. The van der Waals surface area contributed by atoms with E-state index in [-0.39, 0.29) is 11.7 Å². The SMILES string of the molecule is Cc1cc(O)ccc1NC(=O)c1sc2nnc(C)n2c1C. The third-order valence-electron chi connectivity index (χ3n) is 3.32. The smallest absolute Gasteiger partial charge is 0.267 e. The van der Waals surface area contributed by atoms with Gasteiger partial charge in [0.05, 0.1) is 0 Å². The van der Waals surface area contributed by atoms with E-state index >= 15 is 0 Å². The summed E-state index contributed by atoms with van der Waals surface area (Å²) in [7, 11) is 0. The Morgan fingerprint density at radius 2 is 2.05 bits per heavy atom. The summed E-state index contributed by atoms with van der Waals surface area (Å²) in [6, 6.07) is 4.84. The van der Waals surface area contributed by atoms with Gasteiger partial charge in [-0.1, -0.05) is 11.3 Å². The van der Waals surface area contributed by atoms with Crippen molar-refractivity contribution in [3.05, 3.63) is 40.2 Å². The number of aromatic nitrogens is 3. The second-order valence-electron chi connectivity index (χ2n) is 4.84. The Hall–Kier alpha value is -2.41. The van der Waals surface area contributed by atoms with E-state index in [2.05, 4.69) is 15.5 Å². The monoisotopic (exact) mass is 302 g/mol. The first-order valence-electron chi connectivity index (χ1n) is 6.39. The molecule has 0 spiro atoms. The van der Waals surface area contributed by atoms with Gasteiger partial charge in [-0.3, -0.25) is 9.20 Å². The molecule has 0 atom stereocenters. The summed E-state index contributed by atoms with van der Waals surface area (Å²) in [5, 5.41) is 20.3. The number of phenolic OH excluding ortho intramolecular Hbond substituents is 1. The Bertz CT molecular complexity index is 850. The Morgan fingerprint density at radius 3 is 2.71 bits per heavy atom. The maximum atomic E-state index is 12.4. The van der Waals surface area contributed by atoms with E-state index in [1.807, 2.05) is 25.2 Å². The van der Waals surface area contributed by atoms with Crippen LogP contribution in [-0.4, -0.2) is 25.6 Å². The molecule has 0 unspecified atom stereocenters. The predicted molar refractivity (Wildman–Crippen MR) is 81.1 cm³/mol. The highest BCUT2D eigenvalue weighted by Crippen LogP contribution is 2.25. The minimum absolute atomic E-state index is 0.179. The molecule has 2 aromatic heterocycles. The highest BCUT2D eigenvalue weighted by atomic mass is 32.1. The Balaban J connectivity index is 1.95. The summed E-state index contributed by atoms with van der Waals surface area (Å²) in [6.07, 6.45) is 0. The van der Waals surface area contributed by atoms with Crippen molar-refractivity contribution < 1.29 is 9.90 Å². The molecule has 0 bridgehead atoms. The average molecular weight is 302 g/mol. The van der Waals surface area contributed by atoms with E-state index in [4.69, 9.17) is 0 Å². The fraction of sp³-hybridized carbons (Fsp3) is 0.214. The van der Waals surface area contributed by atoms with E-state index in [9.17, 15) is 9.90 Å². The number of amides is 1. The van der Waals surface area contributed by atoms with Crippen molar-refractivity contribution in [2.75, 3.05) is 5.32 Å². The maximum Gasteiger partial charge on any atom is 0.267 e. The van der Waals surface area contributed by atoms with Gasteiger partial charge in [0.25, 0.3) is 5.91 Å². The van der Waals surface area contributed by atoms with Crippen molar-refractivity contribution in [1.29, 1.82) is 0 Å². The lowest BCUT2D eigenvalue weighted by Crippen LogP contribution is -2.13. The number of anilines is 1. The lowest BCUT2D eigenvalue weighted by molar-refractivity contribution is 0.102. The van der Waals surface area contributed by atoms with Crippen LogP contribution in [0.15, 0.2) is 18.2 Å². The zero-order chi connectivity index (χ0) is 15.1. The first kappa shape index (κ1) is 13.6. The molecule has 0 aliphatic rings. The largest absolute Gasteiger partial charge is 0.508 e. The van der Waals surface area contributed by atoms with Gasteiger partial charge < -0.3 is 10.4 Å². The van der Waals surface area contributed by atoms with Crippen LogP contribution in [0.3, 0.4) is 0 Å². The number of aromatic hydroxyl groups is 1. The van der Waals surface area contributed by atoms with E-state index < -0.39 is 0 Å². The van der Waals surface area contributed by atoms with Crippen molar-refractivity contribution in [3.63, 3.8) is 0 Å². The summed E-state index contributed by atoms with van der Waals surface area (Å²) < 4.78 is 1.86. The molecule has 6 nitrogen and oxygen atoms in total. The highest BCUT2D eigenvalue weighted by molar-refractivity contribution is 7.19. The summed E-state index contributed by atoms with van der Waals surface area (Å²) in [5.74, 6) is 0.757. The zero-order valence-corrected chi connectivity index (χ0v) is 12.7. The van der Waals surface area contributed by atoms with Gasteiger partial charge in [-0.2, -0.15) is 0 Å². The molecule has 3 aromatic rings. The van der Waals surface area contributed by atoms with Gasteiger partial charge >= 0.3 is 0 Å². The second-order valence-corrected chi connectivity index (χ2v) is 5.81. The van der Waals surface area contributed by atoms with E-state index in [1.54, 1.807) is 18.2 Å². The number of phenols is 1. The predicted octanol–water partition coefficient (Wildman–Crippen LogP) is 2.67. The minimum atomic E-state index is -0.184. The van der Waals surface area contributed by atoms with Gasteiger partial charge in [0.15, 0.2) is 0 Å². The van der Waals surface area contributed by atoms with Crippen LogP contribution in [0.1, 0.15) is 26.8 Å². The maximum absolute atomic E-state index is 12.4. The molecule has 0 fully saturated rings. The number of rotatable bonds is 2. The first-order valence-corrected chi connectivity index (χ1v) is 7.21. The number of carbonyl (C=O) groups is 1. The van der Waals surface area contributed by atoms with Crippen molar-refractivity contribution in [1.82, 2.24) is 14.6 Å². The lowest BCUT2D eigenvalue weighted by atomic mass is 10.2. The number of aryl methyl sites for hydroxylation is 3. The minimum Gasteiger partial charge on any atom is -0.508 e. The first-order chi connectivity index (χ1) is 9.97. The normalized spacial score (nSPS) is 11.0. The number of benzene rings is 1. The Kier molecular flexibility index (Phi) is 3.13. The van der Waals surface area contributed by atoms with Crippen LogP contribution >= 0.6 is 11.3 Å². The Labute approximate surface area is 125 Å². The molecule has 21 heavy (non-hydrogen) atoms. The molecule has 0 saturated heterocycles. The quantitative estimate of drug-likeness (QED) is 0.713. The van der Waals surface area contributed by atoms with Gasteiger partial charge in [0.1, 0.15) is 16.5 Å². The van der Waals surface area contributed by atoms with E-state index in [0.29, 0.717) is 15.5 Å². The van der Waals surface area contributed by atoms with Crippen LogP contribution in [0.2, 0.25) is 0 Å². The molecule has 0 aliphatic carbocycles. The average Bonchev–Trinajstić information content (AvgIpc) is 2.95. The zero-order valence-electron chi connectivity index (χ0n) is 11.8. The van der Waals surface area contributed by atoms with Gasteiger partial charge in [0, 0.05) is 11.4 Å². The summed E-state index contributed by atoms with van der Waals surface area (Å²) in [4.78, 5) is 13.7. The fourth-order valence-electron chi connectivity index (χ4n) is 2.24. The van der Waals surface area contributed by atoms with Gasteiger partial charge in [-0.05, 0) is 44.5 Å². The number of nitrogens with one attached hydrogen (secondary N) is 1. The number of hydrogen-bond acceptors (Lipinski definition) is 5. The van der Waals surface area contributed by atoms with Crippen molar-refractivity contribution in [2.24, 2.45) is 0 Å². The number of fused-ring (bicyclic) bond motifs is 1.